The summed E-state index contributed by atoms with van der Waals surface area (Å²) < 4.78 is 0. The molecule has 1 amide bonds. The third-order valence-electron chi connectivity index (χ3n) is 5.11. The summed E-state index contributed by atoms with van der Waals surface area (Å²) in [6, 6.07) is 17.2. The molecule has 3 nitrogen and oxygen atoms in total. The second kappa shape index (κ2) is 7.18. The van der Waals surface area contributed by atoms with E-state index in [0.717, 1.165) is 12.8 Å². The number of rotatable bonds is 5. The number of aryl methyl sites for hydroxylation is 2. The molecule has 0 saturated carbocycles. The van der Waals surface area contributed by atoms with E-state index in [1.54, 1.807) is 0 Å². The highest BCUT2D eigenvalue weighted by Crippen LogP contribution is 2.34. The third-order valence-corrected chi connectivity index (χ3v) is 5.11. The number of amides is 1. The summed E-state index contributed by atoms with van der Waals surface area (Å²) >= 11 is 0. The van der Waals surface area contributed by atoms with Gasteiger partial charge in [-0.1, -0.05) is 48.5 Å². The molecule has 0 spiro atoms. The Morgan fingerprint density at radius 2 is 1.79 bits per heavy atom. The van der Waals surface area contributed by atoms with Crippen LogP contribution in [0.4, 0.5) is 0 Å². The Hall–Kier alpha value is -2.13. The van der Waals surface area contributed by atoms with Gasteiger partial charge in [0.05, 0.1) is 6.54 Å². The van der Waals surface area contributed by atoms with Crippen molar-refractivity contribution in [2.45, 2.75) is 32.4 Å². The molecule has 0 aliphatic heterocycles. The zero-order valence-corrected chi connectivity index (χ0v) is 14.8. The van der Waals surface area contributed by atoms with Gasteiger partial charge < -0.3 is 4.90 Å². The van der Waals surface area contributed by atoms with Gasteiger partial charge in [-0.05, 0) is 49.1 Å². The Labute approximate surface area is 144 Å². The van der Waals surface area contributed by atoms with Gasteiger partial charge in [0.25, 0.3) is 0 Å². The van der Waals surface area contributed by atoms with E-state index in [0.29, 0.717) is 19.1 Å². The largest absolute Gasteiger partial charge is 0.340 e. The Bertz CT molecular complexity index is 725. The van der Waals surface area contributed by atoms with Crippen LogP contribution in [-0.2, 0) is 17.8 Å². The fraction of sp³-hybridized carbons (Fsp3) is 0.381. The quantitative estimate of drug-likeness (QED) is 0.840. The van der Waals surface area contributed by atoms with Gasteiger partial charge in [0.2, 0.25) is 5.91 Å². The topological polar surface area (TPSA) is 23.6 Å². The molecule has 0 fully saturated rings. The van der Waals surface area contributed by atoms with Gasteiger partial charge in [-0.2, -0.15) is 0 Å². The molecule has 0 bridgehead atoms. The van der Waals surface area contributed by atoms with Crippen LogP contribution in [0.2, 0.25) is 0 Å². The first kappa shape index (κ1) is 16.7. The number of hydrogen-bond acceptors (Lipinski definition) is 2. The van der Waals surface area contributed by atoms with E-state index in [9.17, 15) is 4.79 Å². The highest BCUT2D eigenvalue weighted by Gasteiger charge is 2.27. The van der Waals surface area contributed by atoms with Crippen molar-refractivity contribution in [1.29, 1.82) is 0 Å². The van der Waals surface area contributed by atoms with Crippen LogP contribution in [0.15, 0.2) is 48.5 Å². The summed E-state index contributed by atoms with van der Waals surface area (Å²) in [4.78, 5) is 16.7. The Morgan fingerprint density at radius 1 is 1.08 bits per heavy atom. The van der Waals surface area contributed by atoms with Crippen molar-refractivity contribution >= 4 is 5.91 Å². The highest BCUT2D eigenvalue weighted by molar-refractivity contribution is 5.78. The van der Waals surface area contributed by atoms with E-state index in [4.69, 9.17) is 0 Å². The van der Waals surface area contributed by atoms with E-state index >= 15 is 0 Å². The predicted molar refractivity (Wildman–Crippen MR) is 97.8 cm³/mol. The minimum atomic E-state index is 0.171. The Morgan fingerprint density at radius 3 is 2.58 bits per heavy atom. The molecule has 0 aromatic heterocycles. The number of benzene rings is 2. The van der Waals surface area contributed by atoms with Crippen molar-refractivity contribution in [3.05, 3.63) is 70.8 Å². The van der Waals surface area contributed by atoms with Crippen LogP contribution in [0, 0.1) is 6.92 Å². The molecule has 0 heterocycles. The maximum absolute atomic E-state index is 12.6. The Kier molecular flexibility index (Phi) is 5.00. The molecule has 3 rings (SSSR count). The van der Waals surface area contributed by atoms with E-state index in [1.807, 2.05) is 24.1 Å². The maximum Gasteiger partial charge on any atom is 0.236 e. The van der Waals surface area contributed by atoms with Gasteiger partial charge in [-0.3, -0.25) is 9.69 Å². The third kappa shape index (κ3) is 3.51. The summed E-state index contributed by atoms with van der Waals surface area (Å²) in [5.41, 5.74) is 5.25. The van der Waals surface area contributed by atoms with E-state index in [1.165, 1.54) is 22.3 Å². The van der Waals surface area contributed by atoms with Gasteiger partial charge >= 0.3 is 0 Å². The van der Waals surface area contributed by atoms with Crippen LogP contribution < -0.4 is 0 Å². The average Bonchev–Trinajstić information content (AvgIpc) is 3.01. The number of carbonyl (C=O) groups excluding carboxylic acids is 1. The van der Waals surface area contributed by atoms with Crippen LogP contribution in [0.25, 0.3) is 0 Å². The zero-order chi connectivity index (χ0) is 17.1. The second-order valence-electron chi connectivity index (χ2n) is 6.84. The van der Waals surface area contributed by atoms with Crippen LogP contribution in [0.5, 0.6) is 0 Å². The summed E-state index contributed by atoms with van der Waals surface area (Å²) in [6.45, 7) is 3.22. The minimum Gasteiger partial charge on any atom is -0.340 e. The molecule has 3 heteroatoms. The lowest BCUT2D eigenvalue weighted by Crippen LogP contribution is -2.37. The lowest BCUT2D eigenvalue weighted by atomic mass is 10.1. The van der Waals surface area contributed by atoms with Gasteiger partial charge in [-0.25, -0.2) is 0 Å². The fourth-order valence-electron chi connectivity index (χ4n) is 3.57. The molecular formula is C21H26N2O. The highest BCUT2D eigenvalue weighted by atomic mass is 16.2. The molecule has 2 aromatic carbocycles. The standard InChI is InChI=1S/C21H26N2O/c1-16-8-4-5-10-18(16)14-23(3)21(24)15-22(2)20-13-12-17-9-6-7-11-19(17)20/h4-11,20H,12-15H2,1-3H3. The first-order valence-electron chi connectivity index (χ1n) is 8.63. The Balaban J connectivity index is 1.61. The molecular weight excluding hydrogens is 296 g/mol. The van der Waals surface area contributed by atoms with Gasteiger partial charge in [0.1, 0.15) is 0 Å². The number of carbonyl (C=O) groups is 1. The molecule has 0 radical (unpaired) electrons. The van der Waals surface area contributed by atoms with E-state index in [-0.39, 0.29) is 5.91 Å². The van der Waals surface area contributed by atoms with Crippen LogP contribution >= 0.6 is 0 Å². The van der Waals surface area contributed by atoms with Crippen molar-refractivity contribution < 1.29 is 4.79 Å². The smallest absolute Gasteiger partial charge is 0.236 e. The van der Waals surface area contributed by atoms with E-state index < -0.39 is 0 Å². The predicted octanol–water partition coefficient (Wildman–Crippen LogP) is 3.57. The van der Waals surface area contributed by atoms with Crippen LogP contribution in [-0.4, -0.2) is 36.3 Å². The number of fused-ring (bicyclic) bond motifs is 1. The number of likely N-dealkylation sites (N-methyl/N-ethyl adjacent to an activating group) is 2. The van der Waals surface area contributed by atoms with Crippen molar-refractivity contribution in [2.75, 3.05) is 20.6 Å². The lowest BCUT2D eigenvalue weighted by Gasteiger charge is -2.27. The monoisotopic (exact) mass is 322 g/mol. The summed E-state index contributed by atoms with van der Waals surface area (Å²) in [5, 5.41) is 0. The first-order chi connectivity index (χ1) is 11.6. The maximum atomic E-state index is 12.6. The van der Waals surface area contributed by atoms with Crippen molar-refractivity contribution in [3.63, 3.8) is 0 Å². The van der Waals surface area contributed by atoms with Gasteiger partial charge in [-0.15, -0.1) is 0 Å². The van der Waals surface area contributed by atoms with Crippen LogP contribution in [0.3, 0.4) is 0 Å². The molecule has 24 heavy (non-hydrogen) atoms. The molecule has 1 unspecified atom stereocenters. The molecule has 2 aromatic rings. The number of nitrogens with zero attached hydrogens (tertiary/aromatic N) is 2. The van der Waals surface area contributed by atoms with Gasteiger partial charge in [0.15, 0.2) is 0 Å². The molecule has 0 saturated heterocycles. The molecule has 126 valence electrons. The minimum absolute atomic E-state index is 0.171. The first-order valence-corrected chi connectivity index (χ1v) is 8.63. The van der Waals surface area contributed by atoms with E-state index in [2.05, 4.69) is 55.3 Å². The second-order valence-corrected chi connectivity index (χ2v) is 6.84. The van der Waals surface area contributed by atoms with Crippen molar-refractivity contribution in [3.8, 4) is 0 Å². The average molecular weight is 322 g/mol. The molecule has 0 N–H and O–H groups in total. The number of hydrogen-bond donors (Lipinski definition) is 0. The van der Waals surface area contributed by atoms with Gasteiger partial charge in [0, 0.05) is 19.6 Å². The zero-order valence-electron chi connectivity index (χ0n) is 14.8. The summed E-state index contributed by atoms with van der Waals surface area (Å²) in [7, 11) is 3.96. The molecule has 1 aliphatic carbocycles. The normalized spacial score (nSPS) is 16.2. The van der Waals surface area contributed by atoms with Crippen molar-refractivity contribution in [2.24, 2.45) is 0 Å². The lowest BCUT2D eigenvalue weighted by molar-refractivity contribution is -0.131. The molecule has 1 atom stereocenters. The summed E-state index contributed by atoms with van der Waals surface area (Å²) in [6.07, 6.45) is 2.21. The van der Waals surface area contributed by atoms with Crippen molar-refractivity contribution in [1.82, 2.24) is 9.80 Å². The van der Waals surface area contributed by atoms with Crippen LogP contribution in [0.1, 0.15) is 34.7 Å². The SMILES string of the molecule is Cc1ccccc1CN(C)C(=O)CN(C)C1CCc2ccccc21. The summed E-state index contributed by atoms with van der Waals surface area (Å²) in [5.74, 6) is 0.171. The molecule has 1 aliphatic rings. The fourth-order valence-corrected chi connectivity index (χ4v) is 3.57.